The van der Waals surface area contributed by atoms with E-state index in [1.54, 1.807) is 31.0 Å². The number of carbonyl (C=O) groups excluding carboxylic acids is 2. The number of ether oxygens (including phenoxy) is 2. The first kappa shape index (κ1) is 23.5. The van der Waals surface area contributed by atoms with Crippen LogP contribution >= 0.6 is 23.1 Å². The third-order valence-corrected chi connectivity index (χ3v) is 6.83. The van der Waals surface area contributed by atoms with E-state index in [1.807, 2.05) is 54.6 Å². The van der Waals surface area contributed by atoms with E-state index in [-0.39, 0.29) is 18.3 Å². The number of nitrogens with zero attached hydrogens (tertiary/aromatic N) is 3. The van der Waals surface area contributed by atoms with Gasteiger partial charge in [0.15, 0.2) is 5.16 Å². The average molecular weight is 495 g/mol. The molecular formula is C24H22N4O4S2. The van der Waals surface area contributed by atoms with Crippen LogP contribution in [0.3, 0.4) is 0 Å². The van der Waals surface area contributed by atoms with E-state index in [0.717, 1.165) is 16.1 Å². The van der Waals surface area contributed by atoms with Crippen molar-refractivity contribution < 1.29 is 19.1 Å². The Morgan fingerprint density at radius 3 is 2.65 bits per heavy atom. The molecule has 1 amide bonds. The second kappa shape index (κ2) is 11.0. The summed E-state index contributed by atoms with van der Waals surface area (Å²) in [5, 5.41) is 11.5. The van der Waals surface area contributed by atoms with Gasteiger partial charge in [0.2, 0.25) is 5.91 Å². The zero-order valence-corrected chi connectivity index (χ0v) is 20.2. The minimum Gasteiger partial charge on any atom is -0.495 e. The zero-order chi connectivity index (χ0) is 23.9. The van der Waals surface area contributed by atoms with Crippen LogP contribution in [-0.2, 0) is 9.53 Å². The lowest BCUT2D eigenvalue weighted by Gasteiger charge is -2.10. The molecule has 0 unspecified atom stereocenters. The van der Waals surface area contributed by atoms with Crippen LogP contribution in [-0.4, -0.2) is 46.1 Å². The largest absolute Gasteiger partial charge is 0.495 e. The van der Waals surface area contributed by atoms with Crippen molar-refractivity contribution in [2.75, 3.05) is 24.8 Å². The lowest BCUT2D eigenvalue weighted by molar-refractivity contribution is -0.113. The normalized spacial score (nSPS) is 10.6. The smallest absolute Gasteiger partial charge is 0.350 e. The van der Waals surface area contributed by atoms with Crippen LogP contribution in [0.2, 0.25) is 0 Å². The van der Waals surface area contributed by atoms with E-state index in [4.69, 9.17) is 9.47 Å². The summed E-state index contributed by atoms with van der Waals surface area (Å²) in [5.74, 6) is 0.00239. The molecule has 174 valence electrons. The molecule has 10 heteroatoms. The number of hydrogen-bond acceptors (Lipinski definition) is 8. The molecule has 0 aliphatic heterocycles. The van der Waals surface area contributed by atoms with Crippen molar-refractivity contribution in [2.45, 2.75) is 12.1 Å². The van der Waals surface area contributed by atoms with Crippen LogP contribution in [0, 0.1) is 0 Å². The maximum absolute atomic E-state index is 12.8. The Bertz CT molecular complexity index is 1290. The maximum Gasteiger partial charge on any atom is 0.350 e. The Labute approximate surface area is 204 Å². The molecular weight excluding hydrogens is 472 g/mol. The van der Waals surface area contributed by atoms with Gasteiger partial charge in [0.1, 0.15) is 17.0 Å². The fourth-order valence-electron chi connectivity index (χ4n) is 3.21. The summed E-state index contributed by atoms with van der Waals surface area (Å²) in [6.45, 7) is 2.00. The van der Waals surface area contributed by atoms with Crippen molar-refractivity contribution in [3.63, 3.8) is 0 Å². The number of carbonyl (C=O) groups is 2. The highest BCUT2D eigenvalue weighted by molar-refractivity contribution is 7.99. The molecule has 2 aromatic heterocycles. The summed E-state index contributed by atoms with van der Waals surface area (Å²) in [6.07, 6.45) is 1.57. The Morgan fingerprint density at radius 1 is 1.12 bits per heavy atom. The van der Waals surface area contributed by atoms with Crippen LogP contribution in [0.25, 0.3) is 16.1 Å². The maximum atomic E-state index is 12.8. The molecule has 0 atom stereocenters. The number of esters is 1. The van der Waals surface area contributed by atoms with Crippen LogP contribution in [0.1, 0.15) is 16.6 Å². The molecule has 1 N–H and O–H groups in total. The zero-order valence-electron chi connectivity index (χ0n) is 18.6. The number of rotatable bonds is 9. The van der Waals surface area contributed by atoms with Crippen LogP contribution in [0.4, 0.5) is 5.69 Å². The third kappa shape index (κ3) is 5.29. The lowest BCUT2D eigenvalue weighted by Crippen LogP contribution is -2.16. The van der Waals surface area contributed by atoms with Crippen molar-refractivity contribution >= 4 is 40.7 Å². The molecule has 0 aliphatic carbocycles. The van der Waals surface area contributed by atoms with Crippen molar-refractivity contribution in [1.29, 1.82) is 0 Å². The molecule has 4 rings (SSSR count). The van der Waals surface area contributed by atoms with Gasteiger partial charge in [-0.1, -0.05) is 54.2 Å². The quantitative estimate of drug-likeness (QED) is 0.261. The number of thioether (sulfide) groups is 1. The second-order valence-electron chi connectivity index (χ2n) is 6.93. The summed E-state index contributed by atoms with van der Waals surface area (Å²) in [6, 6.07) is 19.0. The van der Waals surface area contributed by atoms with E-state index in [9.17, 15) is 9.59 Å². The number of nitrogens with one attached hydrogen (secondary N) is 1. The van der Waals surface area contributed by atoms with Gasteiger partial charge >= 0.3 is 5.97 Å². The van der Waals surface area contributed by atoms with Gasteiger partial charge in [-0.2, -0.15) is 0 Å². The fourth-order valence-corrected chi connectivity index (χ4v) is 4.94. The number of benzene rings is 2. The highest BCUT2D eigenvalue weighted by atomic mass is 32.2. The summed E-state index contributed by atoms with van der Waals surface area (Å²) < 4.78 is 12.4. The molecule has 0 radical (unpaired) electrons. The standard InChI is InChI=1S/C24H22N4O4S2/c1-3-32-23(30)22-17(13-20(34-22)16-9-5-4-6-10-16)26-21(29)14-33-24-27-25-15-28(24)18-11-7-8-12-19(18)31-2/h4-13,15H,3,14H2,1-2H3,(H,26,29). The number of para-hydroxylation sites is 2. The topological polar surface area (TPSA) is 95.3 Å². The molecule has 0 fully saturated rings. The summed E-state index contributed by atoms with van der Waals surface area (Å²) >= 11 is 2.52. The number of methoxy groups -OCH3 is 1. The molecule has 2 heterocycles. The monoisotopic (exact) mass is 494 g/mol. The van der Waals surface area contributed by atoms with E-state index in [1.165, 1.54) is 23.1 Å². The molecule has 34 heavy (non-hydrogen) atoms. The Morgan fingerprint density at radius 2 is 1.88 bits per heavy atom. The van der Waals surface area contributed by atoms with Gasteiger partial charge in [0.05, 0.1) is 30.8 Å². The van der Waals surface area contributed by atoms with E-state index in [2.05, 4.69) is 15.5 Å². The van der Waals surface area contributed by atoms with Gasteiger partial charge in [-0.25, -0.2) is 4.79 Å². The predicted octanol–water partition coefficient (Wildman–Crippen LogP) is 4.91. The first-order valence-electron chi connectivity index (χ1n) is 10.4. The first-order valence-corrected chi connectivity index (χ1v) is 12.2. The van der Waals surface area contributed by atoms with Gasteiger partial charge in [-0.3, -0.25) is 9.36 Å². The van der Waals surface area contributed by atoms with E-state index < -0.39 is 5.97 Å². The molecule has 0 saturated heterocycles. The van der Waals surface area contributed by atoms with Crippen LogP contribution in [0.5, 0.6) is 5.75 Å². The van der Waals surface area contributed by atoms with Gasteiger partial charge in [0.25, 0.3) is 0 Å². The summed E-state index contributed by atoms with van der Waals surface area (Å²) in [7, 11) is 1.59. The molecule has 0 spiro atoms. The first-order chi connectivity index (χ1) is 16.6. The minimum atomic E-state index is -0.464. The molecule has 4 aromatic rings. The second-order valence-corrected chi connectivity index (χ2v) is 8.93. The Kier molecular flexibility index (Phi) is 7.61. The van der Waals surface area contributed by atoms with Crippen LogP contribution in [0.15, 0.2) is 72.1 Å². The molecule has 0 saturated carbocycles. The molecule has 8 nitrogen and oxygen atoms in total. The average Bonchev–Trinajstić information content (AvgIpc) is 3.50. The van der Waals surface area contributed by atoms with E-state index >= 15 is 0 Å². The molecule has 0 bridgehead atoms. The van der Waals surface area contributed by atoms with Crippen LogP contribution < -0.4 is 10.1 Å². The van der Waals surface area contributed by atoms with Gasteiger partial charge in [-0.15, -0.1) is 21.5 Å². The molecule has 0 aliphatic rings. The highest BCUT2D eigenvalue weighted by Crippen LogP contribution is 2.35. The minimum absolute atomic E-state index is 0.0760. The SMILES string of the molecule is CCOC(=O)c1sc(-c2ccccc2)cc1NC(=O)CSc1nncn1-c1ccccc1OC. The number of aromatic nitrogens is 3. The highest BCUT2D eigenvalue weighted by Gasteiger charge is 2.21. The molecule has 2 aromatic carbocycles. The third-order valence-electron chi connectivity index (χ3n) is 4.72. The Hall–Kier alpha value is -3.63. The summed E-state index contributed by atoms with van der Waals surface area (Å²) in [4.78, 5) is 26.5. The lowest BCUT2D eigenvalue weighted by atomic mass is 10.2. The van der Waals surface area contributed by atoms with Gasteiger partial charge in [-0.05, 0) is 30.7 Å². The van der Waals surface area contributed by atoms with Crippen molar-refractivity contribution in [3.05, 3.63) is 71.9 Å². The Balaban J connectivity index is 1.50. The van der Waals surface area contributed by atoms with Crippen molar-refractivity contribution in [1.82, 2.24) is 14.8 Å². The number of anilines is 1. The fraction of sp³-hybridized carbons (Fsp3) is 0.167. The predicted molar refractivity (Wildman–Crippen MR) is 133 cm³/mol. The summed E-state index contributed by atoms with van der Waals surface area (Å²) in [5.41, 5.74) is 2.16. The number of thiophene rings is 1. The van der Waals surface area contributed by atoms with E-state index in [0.29, 0.717) is 21.5 Å². The van der Waals surface area contributed by atoms with Gasteiger partial charge in [0, 0.05) is 4.88 Å². The van der Waals surface area contributed by atoms with Crippen molar-refractivity contribution in [3.8, 4) is 21.9 Å². The van der Waals surface area contributed by atoms with Crippen molar-refractivity contribution in [2.24, 2.45) is 0 Å². The van der Waals surface area contributed by atoms with Gasteiger partial charge < -0.3 is 14.8 Å². The number of amides is 1. The number of hydrogen-bond donors (Lipinski definition) is 1.